The summed E-state index contributed by atoms with van der Waals surface area (Å²) in [7, 11) is 1.68. The number of nitrogens with one attached hydrogen (secondary N) is 2. The number of ether oxygens (including phenoxy) is 1. The second-order valence-corrected chi connectivity index (χ2v) is 7.23. The van der Waals surface area contributed by atoms with Gasteiger partial charge >= 0.3 is 0 Å². The molecule has 6 heteroatoms. The Morgan fingerprint density at radius 2 is 1.93 bits per heavy atom. The summed E-state index contributed by atoms with van der Waals surface area (Å²) in [6, 6.07) is 18.0. The van der Waals surface area contributed by atoms with E-state index in [0.717, 1.165) is 53.7 Å². The number of hydroxylamine groups is 1. The first-order valence-electron chi connectivity index (χ1n) is 9.10. The number of nitrogens with zero attached hydrogens (tertiary/aromatic N) is 1. The highest BCUT2D eigenvalue weighted by Crippen LogP contribution is 2.35. The number of thiocarbonyl (C=S) groups is 1. The molecule has 140 valence electrons. The van der Waals surface area contributed by atoms with Gasteiger partial charge in [-0.3, -0.25) is 10.3 Å². The minimum Gasteiger partial charge on any atom is -0.497 e. The number of para-hydroxylation sites is 1. The number of piperidine rings is 1. The summed E-state index contributed by atoms with van der Waals surface area (Å²) < 4.78 is 5.32. The Bertz CT molecular complexity index is 846. The van der Waals surface area contributed by atoms with Crippen molar-refractivity contribution in [1.82, 2.24) is 10.4 Å². The van der Waals surface area contributed by atoms with Crippen LogP contribution in [0.1, 0.15) is 18.4 Å². The Balaban J connectivity index is 1.39. The summed E-state index contributed by atoms with van der Waals surface area (Å²) >= 11 is 5.58. The molecule has 0 bridgehead atoms. The van der Waals surface area contributed by atoms with E-state index in [2.05, 4.69) is 27.8 Å². The lowest BCUT2D eigenvalue weighted by Gasteiger charge is -2.37. The molecular weight excluding hydrogens is 358 g/mol. The highest BCUT2D eigenvalue weighted by Gasteiger charge is 2.39. The second kappa shape index (κ2) is 7.58. The Labute approximate surface area is 164 Å². The lowest BCUT2D eigenvalue weighted by atomic mass is 9.90. The summed E-state index contributed by atoms with van der Waals surface area (Å²) in [5, 5.41) is 4.07. The molecule has 1 spiro atoms. The molecule has 4 rings (SSSR count). The molecule has 0 amide bonds. The molecule has 0 aliphatic carbocycles. The fourth-order valence-electron chi connectivity index (χ4n) is 3.47. The summed E-state index contributed by atoms with van der Waals surface area (Å²) in [5.41, 5.74) is 5.90. The van der Waals surface area contributed by atoms with E-state index in [0.29, 0.717) is 0 Å². The summed E-state index contributed by atoms with van der Waals surface area (Å²) in [4.78, 5) is 8.20. The van der Waals surface area contributed by atoms with Gasteiger partial charge in [-0.15, -0.1) is 0 Å². The molecular formula is C21H23N3O2S. The maximum Gasteiger partial charge on any atom is 0.173 e. The average Bonchev–Trinajstić information content (AvgIpc) is 3.13. The number of anilines is 1. The zero-order valence-corrected chi connectivity index (χ0v) is 16.1. The molecule has 27 heavy (non-hydrogen) atoms. The molecule has 2 heterocycles. The van der Waals surface area contributed by atoms with Gasteiger partial charge in [0.25, 0.3) is 0 Å². The van der Waals surface area contributed by atoms with Gasteiger partial charge in [-0.1, -0.05) is 30.3 Å². The van der Waals surface area contributed by atoms with Crippen LogP contribution in [-0.4, -0.2) is 35.8 Å². The minimum atomic E-state index is -0.280. The van der Waals surface area contributed by atoms with E-state index in [-0.39, 0.29) is 5.60 Å². The van der Waals surface area contributed by atoms with Crippen molar-refractivity contribution in [2.24, 2.45) is 0 Å². The number of hydrogen-bond acceptors (Lipinski definition) is 4. The highest BCUT2D eigenvalue weighted by molar-refractivity contribution is 7.80. The zero-order valence-electron chi connectivity index (χ0n) is 15.3. The predicted octanol–water partition coefficient (Wildman–Crippen LogP) is 3.80. The van der Waals surface area contributed by atoms with Crippen LogP contribution in [0.4, 0.5) is 5.69 Å². The zero-order chi connectivity index (χ0) is 18.7. The van der Waals surface area contributed by atoms with Crippen molar-refractivity contribution in [2.45, 2.75) is 18.4 Å². The summed E-state index contributed by atoms with van der Waals surface area (Å²) in [5.74, 6) is 0.836. The van der Waals surface area contributed by atoms with Crippen molar-refractivity contribution in [3.8, 4) is 5.75 Å². The van der Waals surface area contributed by atoms with Crippen LogP contribution in [0.25, 0.3) is 5.70 Å². The molecule has 2 aromatic carbocycles. The minimum absolute atomic E-state index is 0.280. The number of likely N-dealkylation sites (tertiary alicyclic amines) is 1. The van der Waals surface area contributed by atoms with Crippen LogP contribution in [0.5, 0.6) is 5.75 Å². The third-order valence-electron chi connectivity index (χ3n) is 5.07. The molecule has 5 nitrogen and oxygen atoms in total. The summed E-state index contributed by atoms with van der Waals surface area (Å²) in [6.07, 6.45) is 3.96. The van der Waals surface area contributed by atoms with Crippen molar-refractivity contribution in [2.75, 3.05) is 25.5 Å². The van der Waals surface area contributed by atoms with E-state index in [4.69, 9.17) is 21.8 Å². The number of methoxy groups -OCH3 is 1. The van der Waals surface area contributed by atoms with Crippen LogP contribution in [0, 0.1) is 0 Å². The lowest BCUT2D eigenvalue weighted by Crippen LogP contribution is -2.48. The van der Waals surface area contributed by atoms with Crippen molar-refractivity contribution >= 4 is 28.7 Å². The van der Waals surface area contributed by atoms with E-state index in [1.165, 1.54) is 0 Å². The maximum atomic E-state index is 5.99. The molecule has 2 aromatic rings. The Morgan fingerprint density at radius 1 is 1.15 bits per heavy atom. The van der Waals surface area contributed by atoms with Crippen molar-refractivity contribution in [3.05, 3.63) is 66.2 Å². The molecule has 1 saturated heterocycles. The monoisotopic (exact) mass is 381 g/mol. The van der Waals surface area contributed by atoms with Crippen LogP contribution in [-0.2, 0) is 4.84 Å². The lowest BCUT2D eigenvalue weighted by molar-refractivity contribution is -0.0615. The molecule has 0 atom stereocenters. The SMILES string of the molecule is COc1cccc(C2=CC3(CCN(C(=S)Nc4ccccc4)CC3)ON2)c1. The van der Waals surface area contributed by atoms with Gasteiger partial charge in [0, 0.05) is 37.2 Å². The van der Waals surface area contributed by atoms with E-state index in [1.54, 1.807) is 7.11 Å². The first kappa shape index (κ1) is 17.8. The van der Waals surface area contributed by atoms with Gasteiger partial charge in [0.05, 0.1) is 12.8 Å². The van der Waals surface area contributed by atoms with Crippen LogP contribution < -0.4 is 15.5 Å². The first-order chi connectivity index (χ1) is 13.2. The van der Waals surface area contributed by atoms with E-state index in [1.807, 2.05) is 48.5 Å². The molecule has 1 fully saturated rings. The number of benzene rings is 2. The van der Waals surface area contributed by atoms with E-state index >= 15 is 0 Å². The number of hydrogen-bond donors (Lipinski definition) is 2. The van der Waals surface area contributed by atoms with Gasteiger partial charge in [0.1, 0.15) is 11.4 Å². The van der Waals surface area contributed by atoms with Crippen LogP contribution in [0.3, 0.4) is 0 Å². The smallest absolute Gasteiger partial charge is 0.173 e. The Morgan fingerprint density at radius 3 is 2.67 bits per heavy atom. The molecule has 0 unspecified atom stereocenters. The molecule has 2 aliphatic heterocycles. The van der Waals surface area contributed by atoms with Gasteiger partial charge in [0.2, 0.25) is 0 Å². The topological polar surface area (TPSA) is 45.8 Å². The normalized spacial score (nSPS) is 18.0. The van der Waals surface area contributed by atoms with Gasteiger partial charge in [-0.05, 0) is 42.6 Å². The largest absolute Gasteiger partial charge is 0.497 e. The quantitative estimate of drug-likeness (QED) is 0.789. The van der Waals surface area contributed by atoms with Crippen LogP contribution in [0.15, 0.2) is 60.7 Å². The standard InChI is InChI=1S/C21H23N3O2S/c1-25-18-9-5-6-16(14-18)19-15-21(26-23-19)10-12-24(13-11-21)20(27)22-17-7-3-2-4-8-17/h2-9,14-15,23H,10-13H2,1H3,(H,22,27). The van der Waals surface area contributed by atoms with E-state index in [9.17, 15) is 0 Å². The fraction of sp³-hybridized carbons (Fsp3) is 0.286. The molecule has 0 radical (unpaired) electrons. The second-order valence-electron chi connectivity index (χ2n) is 6.84. The first-order valence-corrected chi connectivity index (χ1v) is 9.51. The Kier molecular flexibility index (Phi) is 5.01. The van der Waals surface area contributed by atoms with Gasteiger partial charge in [-0.25, -0.2) is 0 Å². The van der Waals surface area contributed by atoms with Crippen molar-refractivity contribution in [3.63, 3.8) is 0 Å². The van der Waals surface area contributed by atoms with Crippen molar-refractivity contribution in [1.29, 1.82) is 0 Å². The Hall–Kier alpha value is -2.57. The average molecular weight is 382 g/mol. The third kappa shape index (κ3) is 3.91. The van der Waals surface area contributed by atoms with Crippen LogP contribution in [0.2, 0.25) is 0 Å². The highest BCUT2D eigenvalue weighted by atomic mass is 32.1. The summed E-state index contributed by atoms with van der Waals surface area (Å²) in [6.45, 7) is 1.70. The van der Waals surface area contributed by atoms with Crippen molar-refractivity contribution < 1.29 is 9.57 Å². The number of rotatable bonds is 3. The van der Waals surface area contributed by atoms with Crippen LogP contribution >= 0.6 is 12.2 Å². The van der Waals surface area contributed by atoms with Gasteiger partial charge in [0.15, 0.2) is 5.11 Å². The predicted molar refractivity (Wildman–Crippen MR) is 111 cm³/mol. The third-order valence-corrected chi connectivity index (χ3v) is 5.43. The molecule has 2 N–H and O–H groups in total. The fourth-order valence-corrected chi connectivity index (χ4v) is 3.77. The molecule has 0 saturated carbocycles. The van der Waals surface area contributed by atoms with E-state index < -0.39 is 0 Å². The molecule has 0 aromatic heterocycles. The van der Waals surface area contributed by atoms with Gasteiger partial charge in [-0.2, -0.15) is 0 Å². The maximum absolute atomic E-state index is 5.99. The molecule has 2 aliphatic rings. The van der Waals surface area contributed by atoms with Gasteiger partial charge < -0.3 is 15.0 Å².